The number of rotatable bonds is 5. The topological polar surface area (TPSA) is 100 Å². The highest BCUT2D eigenvalue weighted by atomic mass is 16.6. The standard InChI is InChI=1S/C27H42N4O5/c1-17(2)31-15-18(3)22(16-30(7)26(34)36-27(4,5)6)35-23-19(25(31)33)11-10-13-20(23)29-24(32)21-12-8-9-14-28-21/h10-11,13,17-18,21-22,28H,8-9,12,14-16H2,1-7H3,(H,29,32)/t18-,21?,22+/m0/s1. The first-order valence-corrected chi connectivity index (χ1v) is 13.0. The van der Waals surface area contributed by atoms with Crippen molar-refractivity contribution in [3.05, 3.63) is 23.8 Å². The van der Waals surface area contributed by atoms with E-state index in [2.05, 4.69) is 10.6 Å². The van der Waals surface area contributed by atoms with Crippen LogP contribution in [0.3, 0.4) is 0 Å². The third-order valence-corrected chi connectivity index (χ3v) is 6.56. The maximum Gasteiger partial charge on any atom is 0.410 e. The fourth-order valence-corrected chi connectivity index (χ4v) is 4.51. The van der Waals surface area contributed by atoms with Gasteiger partial charge in [0.05, 0.1) is 23.8 Å². The van der Waals surface area contributed by atoms with Gasteiger partial charge in [-0.25, -0.2) is 4.79 Å². The number of para-hydroxylation sites is 1. The minimum absolute atomic E-state index is 0.0279. The van der Waals surface area contributed by atoms with Gasteiger partial charge in [-0.05, 0) is 66.1 Å². The molecule has 2 aliphatic heterocycles. The Bertz CT molecular complexity index is 952. The highest BCUT2D eigenvalue weighted by molar-refractivity contribution is 6.02. The van der Waals surface area contributed by atoms with Gasteiger partial charge in [0.25, 0.3) is 5.91 Å². The number of benzene rings is 1. The highest BCUT2D eigenvalue weighted by Crippen LogP contribution is 2.35. The SMILES string of the molecule is CC(C)N1C[C@H](C)[C@@H](CN(C)C(=O)OC(C)(C)C)Oc2c(NC(=O)C3CCCCN3)cccc2C1=O. The number of amides is 3. The molecule has 0 aromatic heterocycles. The molecule has 2 aliphatic rings. The van der Waals surface area contributed by atoms with Crippen LogP contribution in [0.2, 0.25) is 0 Å². The number of carbonyl (C=O) groups is 3. The molecule has 1 fully saturated rings. The lowest BCUT2D eigenvalue weighted by Gasteiger charge is -2.38. The Kier molecular flexibility index (Phi) is 8.87. The summed E-state index contributed by atoms with van der Waals surface area (Å²) in [7, 11) is 1.68. The van der Waals surface area contributed by atoms with Gasteiger partial charge in [0.1, 0.15) is 11.7 Å². The molecular formula is C27H42N4O5. The molecule has 0 aliphatic carbocycles. The lowest BCUT2D eigenvalue weighted by atomic mass is 9.99. The average molecular weight is 503 g/mol. The molecule has 200 valence electrons. The van der Waals surface area contributed by atoms with Gasteiger partial charge in [0.2, 0.25) is 5.91 Å². The third kappa shape index (κ3) is 6.90. The van der Waals surface area contributed by atoms with Crippen molar-refractivity contribution in [2.45, 2.75) is 84.6 Å². The Labute approximate surface area is 214 Å². The zero-order chi connectivity index (χ0) is 26.6. The van der Waals surface area contributed by atoms with Crippen LogP contribution in [-0.2, 0) is 9.53 Å². The lowest BCUT2D eigenvalue weighted by molar-refractivity contribution is -0.118. The monoisotopic (exact) mass is 502 g/mol. The molecule has 0 radical (unpaired) electrons. The summed E-state index contributed by atoms with van der Waals surface area (Å²) in [6, 6.07) is 4.94. The van der Waals surface area contributed by atoms with E-state index in [-0.39, 0.29) is 36.4 Å². The molecule has 1 saturated heterocycles. The maximum absolute atomic E-state index is 13.5. The second kappa shape index (κ2) is 11.5. The van der Waals surface area contributed by atoms with Crippen LogP contribution in [0, 0.1) is 5.92 Å². The normalized spacial score (nSPS) is 22.7. The summed E-state index contributed by atoms with van der Waals surface area (Å²) >= 11 is 0. The maximum atomic E-state index is 13.5. The number of ether oxygens (including phenoxy) is 2. The van der Waals surface area contributed by atoms with Gasteiger partial charge < -0.3 is 29.9 Å². The molecule has 1 aromatic rings. The van der Waals surface area contributed by atoms with Gasteiger partial charge >= 0.3 is 6.09 Å². The summed E-state index contributed by atoms with van der Waals surface area (Å²) in [6.07, 6.45) is 1.94. The van der Waals surface area contributed by atoms with E-state index in [4.69, 9.17) is 9.47 Å². The number of nitrogens with one attached hydrogen (secondary N) is 2. The van der Waals surface area contributed by atoms with Crippen LogP contribution in [0.15, 0.2) is 18.2 Å². The minimum atomic E-state index is -0.614. The van der Waals surface area contributed by atoms with Crippen molar-refractivity contribution in [3.63, 3.8) is 0 Å². The minimum Gasteiger partial charge on any atom is -0.485 e. The van der Waals surface area contributed by atoms with Crippen molar-refractivity contribution in [1.29, 1.82) is 0 Å². The number of piperidine rings is 1. The van der Waals surface area contributed by atoms with Gasteiger partial charge in [0, 0.05) is 25.6 Å². The number of anilines is 1. The molecule has 0 bridgehead atoms. The summed E-state index contributed by atoms with van der Waals surface area (Å²) < 4.78 is 12.0. The van der Waals surface area contributed by atoms with Crippen LogP contribution >= 0.6 is 0 Å². The first-order chi connectivity index (χ1) is 16.9. The van der Waals surface area contributed by atoms with Crippen LogP contribution in [0.1, 0.15) is 71.2 Å². The van der Waals surface area contributed by atoms with Crippen LogP contribution in [-0.4, -0.2) is 78.2 Å². The molecule has 3 amide bonds. The van der Waals surface area contributed by atoms with Crippen molar-refractivity contribution in [2.24, 2.45) is 5.92 Å². The Balaban J connectivity index is 1.93. The Morgan fingerprint density at radius 2 is 2.00 bits per heavy atom. The molecule has 3 atom stereocenters. The van der Waals surface area contributed by atoms with Crippen molar-refractivity contribution < 1.29 is 23.9 Å². The predicted molar refractivity (Wildman–Crippen MR) is 139 cm³/mol. The van der Waals surface area contributed by atoms with Crippen molar-refractivity contribution in [2.75, 3.05) is 32.0 Å². The summed E-state index contributed by atoms with van der Waals surface area (Å²) in [6.45, 7) is 13.0. The van der Waals surface area contributed by atoms with E-state index in [1.165, 1.54) is 4.90 Å². The number of carbonyl (C=O) groups excluding carboxylic acids is 3. The molecule has 9 heteroatoms. The summed E-state index contributed by atoms with van der Waals surface area (Å²) in [4.78, 5) is 42.6. The summed E-state index contributed by atoms with van der Waals surface area (Å²) in [5, 5.41) is 6.25. The molecule has 0 spiro atoms. The molecule has 2 N–H and O–H groups in total. The number of fused-ring (bicyclic) bond motifs is 1. The van der Waals surface area contributed by atoms with Crippen LogP contribution < -0.4 is 15.4 Å². The van der Waals surface area contributed by atoms with E-state index in [0.29, 0.717) is 23.5 Å². The van der Waals surface area contributed by atoms with Crippen LogP contribution in [0.4, 0.5) is 10.5 Å². The molecular weight excluding hydrogens is 460 g/mol. The van der Waals surface area contributed by atoms with E-state index in [1.54, 1.807) is 25.2 Å². The molecule has 36 heavy (non-hydrogen) atoms. The van der Waals surface area contributed by atoms with E-state index < -0.39 is 17.8 Å². The first-order valence-electron chi connectivity index (χ1n) is 13.0. The summed E-state index contributed by atoms with van der Waals surface area (Å²) in [5.74, 6) is -0.0281. The van der Waals surface area contributed by atoms with E-state index >= 15 is 0 Å². The zero-order valence-corrected chi connectivity index (χ0v) is 22.7. The second-order valence-electron chi connectivity index (χ2n) is 11.2. The van der Waals surface area contributed by atoms with Gasteiger partial charge in [-0.3, -0.25) is 9.59 Å². The van der Waals surface area contributed by atoms with Crippen molar-refractivity contribution in [3.8, 4) is 5.75 Å². The Morgan fingerprint density at radius 3 is 2.61 bits per heavy atom. The Morgan fingerprint density at radius 1 is 1.28 bits per heavy atom. The predicted octanol–water partition coefficient (Wildman–Crippen LogP) is 3.88. The number of nitrogens with zero attached hydrogens (tertiary/aromatic N) is 2. The Hall–Kier alpha value is -2.81. The van der Waals surface area contributed by atoms with Gasteiger partial charge in [-0.1, -0.05) is 19.4 Å². The van der Waals surface area contributed by atoms with E-state index in [0.717, 1.165) is 25.8 Å². The molecule has 2 heterocycles. The smallest absolute Gasteiger partial charge is 0.410 e. The van der Waals surface area contributed by atoms with Crippen LogP contribution in [0.25, 0.3) is 0 Å². The quantitative estimate of drug-likeness (QED) is 0.634. The first kappa shape index (κ1) is 27.8. The number of hydrogen-bond donors (Lipinski definition) is 2. The van der Waals surface area contributed by atoms with Crippen LogP contribution in [0.5, 0.6) is 5.75 Å². The summed E-state index contributed by atoms with van der Waals surface area (Å²) in [5.41, 5.74) is 0.243. The molecule has 3 rings (SSSR count). The van der Waals surface area contributed by atoms with Gasteiger partial charge in [-0.15, -0.1) is 0 Å². The van der Waals surface area contributed by atoms with Gasteiger partial charge in [-0.2, -0.15) is 0 Å². The lowest BCUT2D eigenvalue weighted by Crippen LogP contribution is -2.49. The molecule has 0 saturated carbocycles. The average Bonchev–Trinajstić information content (AvgIpc) is 2.80. The zero-order valence-electron chi connectivity index (χ0n) is 22.7. The molecule has 9 nitrogen and oxygen atoms in total. The second-order valence-corrected chi connectivity index (χ2v) is 11.2. The third-order valence-electron chi connectivity index (χ3n) is 6.56. The number of hydrogen-bond acceptors (Lipinski definition) is 6. The fourth-order valence-electron chi connectivity index (χ4n) is 4.51. The fraction of sp³-hybridized carbons (Fsp3) is 0.667. The molecule has 1 aromatic carbocycles. The highest BCUT2D eigenvalue weighted by Gasteiger charge is 2.35. The van der Waals surface area contributed by atoms with Crippen molar-refractivity contribution >= 4 is 23.6 Å². The van der Waals surface area contributed by atoms with Crippen molar-refractivity contribution in [1.82, 2.24) is 15.1 Å². The van der Waals surface area contributed by atoms with E-state index in [1.807, 2.05) is 46.4 Å². The number of likely N-dealkylation sites (N-methyl/N-ethyl adjacent to an activating group) is 1. The molecule has 1 unspecified atom stereocenters. The van der Waals surface area contributed by atoms with Gasteiger partial charge in [0.15, 0.2) is 5.75 Å². The van der Waals surface area contributed by atoms with E-state index in [9.17, 15) is 14.4 Å². The largest absolute Gasteiger partial charge is 0.485 e.